The molecule has 10 rings (SSSR count). The number of hydrogen-bond acceptors (Lipinski definition) is 0. The lowest BCUT2D eigenvalue weighted by atomic mass is 9.82. The van der Waals surface area contributed by atoms with Gasteiger partial charge in [0.05, 0.1) is 41.1 Å². The molecule has 0 aliphatic rings. The zero-order chi connectivity index (χ0) is 57.7. The summed E-state index contributed by atoms with van der Waals surface area (Å²) in [5.74, 6) is 0. The van der Waals surface area contributed by atoms with Crippen LogP contribution in [0.4, 0.5) is 0 Å². The first-order valence-electron chi connectivity index (χ1n) is 29.2. The number of benzene rings is 10. The second-order valence-electron chi connectivity index (χ2n) is 10.5. The van der Waals surface area contributed by atoms with Crippen LogP contribution in [-0.4, -0.2) is 0 Å². The van der Waals surface area contributed by atoms with E-state index in [4.69, 9.17) is 23.3 Å². The van der Waals surface area contributed by atoms with E-state index >= 15 is 0 Å². The number of hydrogen-bond donors (Lipinski definition) is 0. The molecule has 0 aromatic heterocycles. The van der Waals surface area contributed by atoms with Gasteiger partial charge in [-0.05, 0) is 122 Å². The summed E-state index contributed by atoms with van der Waals surface area (Å²) in [4.78, 5) is 0. The van der Waals surface area contributed by atoms with Gasteiger partial charge in [0.2, 0.25) is 0 Å². The van der Waals surface area contributed by atoms with Gasteiger partial charge in [0.25, 0.3) is 0 Å². The second kappa shape index (κ2) is 10.7. The first-order valence-corrected chi connectivity index (χ1v) is 14.2. The number of rotatable bonds is 3. The minimum Gasteiger partial charge on any atom is -0.0616 e. The van der Waals surface area contributed by atoms with Crippen molar-refractivity contribution >= 4 is 64.6 Å². The highest BCUT2D eigenvalue weighted by Crippen LogP contribution is 2.47. The predicted octanol–water partition coefficient (Wildman–Crippen LogP) is 13.6. The molecule has 0 aliphatic heterocycles. The van der Waals surface area contributed by atoms with Crippen molar-refractivity contribution in [1.82, 2.24) is 0 Å². The molecule has 10 aromatic rings. The first kappa shape index (κ1) is 10.6. The smallest absolute Gasteiger partial charge is 0.0616 e. The molecule has 48 heavy (non-hydrogen) atoms. The Bertz CT molecular complexity index is 4600. The van der Waals surface area contributed by atoms with E-state index in [0.717, 1.165) is 0 Å². The van der Waals surface area contributed by atoms with Gasteiger partial charge in [-0.1, -0.05) is 157 Å². The molecule has 222 valence electrons. The lowest BCUT2D eigenvalue weighted by molar-refractivity contribution is 1.66. The Kier molecular flexibility index (Phi) is 2.36. The zero-order valence-corrected chi connectivity index (χ0v) is 24.0. The standard InChI is InChI=1S/C48H30/c1-3-13-33-27-35(23-21-31(33)11-1)36-25-26-44-46(29-36)47(38-24-22-32-12-2-4-14-34(32)28-38)42-19-9-10-20-43(42)48(44)45-30-37-15-5-6-16-39(37)40-17-7-8-18-41(40)45/h1-30H/i1D,2D,3D,4D,5D,6D,7D,8D,9D,10D,11D,12D,13D,14D,15D,16D,17D,18D,19D,20D,21D,22D,23D,24D,25D,26D,27D,28D,29D,30D. The monoisotopic (exact) mass is 636 g/mol. The molecule has 0 N–H and O–H groups in total. The molecule has 0 bridgehead atoms. The lowest BCUT2D eigenvalue weighted by Crippen LogP contribution is -1.93. The van der Waals surface area contributed by atoms with Gasteiger partial charge in [-0.25, -0.2) is 0 Å². The Morgan fingerprint density at radius 1 is 0.250 bits per heavy atom. The van der Waals surface area contributed by atoms with Crippen molar-refractivity contribution in [3.05, 3.63) is 181 Å². The molecule has 0 atom stereocenters. The Morgan fingerprint density at radius 3 is 1.42 bits per heavy atom. The third-order valence-corrected chi connectivity index (χ3v) is 7.88. The van der Waals surface area contributed by atoms with Crippen molar-refractivity contribution in [2.75, 3.05) is 0 Å². The van der Waals surface area contributed by atoms with Crippen molar-refractivity contribution in [1.29, 1.82) is 0 Å². The highest BCUT2D eigenvalue weighted by atomic mass is 14.2. The predicted molar refractivity (Wildman–Crippen MR) is 208 cm³/mol. The van der Waals surface area contributed by atoms with E-state index in [9.17, 15) is 17.8 Å². The van der Waals surface area contributed by atoms with Crippen LogP contribution in [0, 0.1) is 0 Å². The molecule has 0 radical (unpaired) electrons. The van der Waals surface area contributed by atoms with Crippen molar-refractivity contribution in [2.24, 2.45) is 0 Å². The Labute approximate surface area is 321 Å². The molecule has 0 spiro atoms. The van der Waals surface area contributed by atoms with Crippen molar-refractivity contribution in [2.45, 2.75) is 0 Å². The summed E-state index contributed by atoms with van der Waals surface area (Å²) >= 11 is 0. The van der Waals surface area contributed by atoms with E-state index in [-0.39, 0.29) is 0 Å². The summed E-state index contributed by atoms with van der Waals surface area (Å²) in [6.07, 6.45) is 0. The minimum absolute atomic E-state index is 0.604. The lowest BCUT2D eigenvalue weighted by Gasteiger charge is -2.20. The molecule has 0 saturated heterocycles. The maximum atomic E-state index is 10.3. The van der Waals surface area contributed by atoms with Gasteiger partial charge in [0, 0.05) is 0 Å². The van der Waals surface area contributed by atoms with Gasteiger partial charge in [0.1, 0.15) is 0 Å². The van der Waals surface area contributed by atoms with Crippen LogP contribution in [0.2, 0.25) is 0 Å². The van der Waals surface area contributed by atoms with Crippen molar-refractivity contribution in [3.8, 4) is 33.4 Å². The quantitative estimate of drug-likeness (QED) is 0.134. The van der Waals surface area contributed by atoms with Crippen molar-refractivity contribution in [3.63, 3.8) is 0 Å². The normalized spacial score (nSPS) is 20.5. The van der Waals surface area contributed by atoms with E-state index in [2.05, 4.69) is 0 Å². The third kappa shape index (κ3) is 4.16. The largest absolute Gasteiger partial charge is 0.0636 e. The third-order valence-electron chi connectivity index (χ3n) is 7.88. The van der Waals surface area contributed by atoms with Crippen LogP contribution in [0.15, 0.2) is 181 Å². The fraction of sp³-hybridized carbons (Fsp3) is 0. The first-order chi connectivity index (χ1) is 36.3. The molecule has 10 aromatic carbocycles. The fourth-order valence-electron chi connectivity index (χ4n) is 5.81. The molecular formula is C48H30. The molecule has 0 saturated carbocycles. The van der Waals surface area contributed by atoms with E-state index in [1.165, 1.54) is 0 Å². The SMILES string of the molecule is [2H]c1c([2H])c([2H])c2c([2H])c(-c3c([2H])c([2H])c4c(-c5c([2H])c6c([2H])c([2H])c([2H])c([2H])c6c6c([2H])c([2H])c([2H])c([2H])c56)c5c([2H])c([2H])c([2H])c([2H])c5c(-c5c([2H])c([2H])c6c([2H])c([2H])c([2H])c([2H])c6c5[2H])c4c3[2H])c([2H])c([2H])c2c1[2H]. The molecule has 0 heterocycles. The van der Waals surface area contributed by atoms with Crippen LogP contribution in [0.5, 0.6) is 0 Å². The van der Waals surface area contributed by atoms with Gasteiger partial charge in [0.15, 0.2) is 0 Å². The highest BCUT2D eigenvalue weighted by molar-refractivity contribution is 6.26. The molecule has 0 aliphatic carbocycles. The van der Waals surface area contributed by atoms with Crippen LogP contribution in [0.1, 0.15) is 41.1 Å². The van der Waals surface area contributed by atoms with Crippen LogP contribution in [0.25, 0.3) is 98.0 Å². The molecule has 0 heteroatoms. The van der Waals surface area contributed by atoms with Crippen LogP contribution < -0.4 is 0 Å². The summed E-state index contributed by atoms with van der Waals surface area (Å²) in [6, 6.07) is -29.5. The summed E-state index contributed by atoms with van der Waals surface area (Å²) in [7, 11) is 0. The molecule has 0 fully saturated rings. The summed E-state index contributed by atoms with van der Waals surface area (Å²) in [5.41, 5.74) is -5.27. The maximum Gasteiger partial charge on any atom is 0.0636 e. The van der Waals surface area contributed by atoms with Gasteiger partial charge in [-0.15, -0.1) is 0 Å². The van der Waals surface area contributed by atoms with E-state index in [1.807, 2.05) is 0 Å². The topological polar surface area (TPSA) is 0 Å². The van der Waals surface area contributed by atoms with Gasteiger partial charge >= 0.3 is 0 Å². The van der Waals surface area contributed by atoms with Gasteiger partial charge < -0.3 is 0 Å². The summed E-state index contributed by atoms with van der Waals surface area (Å²) in [6.45, 7) is 0. The maximum absolute atomic E-state index is 10.3. The molecular weight excluding hydrogens is 577 g/mol. The van der Waals surface area contributed by atoms with Gasteiger partial charge in [-0.2, -0.15) is 0 Å². The molecule has 0 unspecified atom stereocenters. The molecule has 0 nitrogen and oxygen atoms in total. The highest BCUT2D eigenvalue weighted by Gasteiger charge is 2.20. The van der Waals surface area contributed by atoms with Crippen LogP contribution in [-0.2, 0) is 0 Å². The van der Waals surface area contributed by atoms with Crippen LogP contribution in [0.3, 0.4) is 0 Å². The Morgan fingerprint density at radius 2 is 0.708 bits per heavy atom. The second-order valence-corrected chi connectivity index (χ2v) is 10.5. The average molecular weight is 637 g/mol. The fourth-order valence-corrected chi connectivity index (χ4v) is 5.81. The van der Waals surface area contributed by atoms with E-state index in [0.29, 0.717) is 0 Å². The van der Waals surface area contributed by atoms with E-state index < -0.39 is 279 Å². The van der Waals surface area contributed by atoms with Crippen molar-refractivity contribution < 1.29 is 41.1 Å². The minimum atomic E-state index is -1.17. The van der Waals surface area contributed by atoms with Gasteiger partial charge in [-0.3, -0.25) is 0 Å². The Balaban J connectivity index is 1.64. The summed E-state index contributed by atoms with van der Waals surface area (Å²) in [5, 5.41) is -8.86. The van der Waals surface area contributed by atoms with E-state index in [1.54, 1.807) is 0 Å². The van der Waals surface area contributed by atoms with Crippen LogP contribution >= 0.6 is 0 Å². The Hall–Kier alpha value is -6.24. The molecule has 0 amide bonds. The zero-order valence-electron chi connectivity index (χ0n) is 54.0. The summed E-state index contributed by atoms with van der Waals surface area (Å²) < 4.78 is 274. The number of fused-ring (bicyclic) bond motifs is 7. The average Bonchev–Trinajstić information content (AvgIpc) is 3.58.